The highest BCUT2D eigenvalue weighted by atomic mass is 16.5. The molecule has 0 saturated carbocycles. The fourth-order valence-corrected chi connectivity index (χ4v) is 2.94. The van der Waals surface area contributed by atoms with Gasteiger partial charge in [0, 0.05) is 36.0 Å². The Kier molecular flexibility index (Phi) is 4.01. The van der Waals surface area contributed by atoms with Crippen LogP contribution >= 0.6 is 0 Å². The van der Waals surface area contributed by atoms with Crippen molar-refractivity contribution in [1.29, 1.82) is 0 Å². The lowest BCUT2D eigenvalue weighted by Crippen LogP contribution is -2.36. The van der Waals surface area contributed by atoms with Crippen molar-refractivity contribution in [2.24, 2.45) is 0 Å². The molecular formula is C19H20N4O. The van der Waals surface area contributed by atoms with Crippen LogP contribution in [-0.4, -0.2) is 36.3 Å². The lowest BCUT2D eigenvalue weighted by Gasteiger charge is -2.28. The van der Waals surface area contributed by atoms with E-state index in [0.717, 1.165) is 42.9 Å². The second-order valence-electron chi connectivity index (χ2n) is 6.03. The molecule has 0 atom stereocenters. The smallest absolute Gasteiger partial charge is 0.227 e. The molecule has 24 heavy (non-hydrogen) atoms. The number of aryl methyl sites for hydroxylation is 1. The Morgan fingerprint density at radius 2 is 1.96 bits per heavy atom. The van der Waals surface area contributed by atoms with Crippen molar-refractivity contribution in [1.82, 2.24) is 9.97 Å². The molecule has 0 unspecified atom stereocenters. The maximum atomic E-state index is 5.43. The number of ether oxygens (including phenoxy) is 1. The average Bonchev–Trinajstić information content (AvgIpc) is 2.62. The second-order valence-corrected chi connectivity index (χ2v) is 6.03. The fourth-order valence-electron chi connectivity index (χ4n) is 2.94. The summed E-state index contributed by atoms with van der Waals surface area (Å²) in [7, 11) is 0. The number of hydrogen-bond acceptors (Lipinski definition) is 5. The van der Waals surface area contributed by atoms with E-state index in [2.05, 4.69) is 57.4 Å². The Morgan fingerprint density at radius 3 is 2.79 bits per heavy atom. The highest BCUT2D eigenvalue weighted by molar-refractivity contribution is 5.83. The molecule has 0 spiro atoms. The number of anilines is 3. The summed E-state index contributed by atoms with van der Waals surface area (Å²) in [5, 5.41) is 4.32. The quantitative estimate of drug-likeness (QED) is 0.800. The minimum absolute atomic E-state index is 0.618. The van der Waals surface area contributed by atoms with Gasteiger partial charge in [0.1, 0.15) is 0 Å². The number of nitrogens with zero attached hydrogens (tertiary/aromatic N) is 3. The van der Waals surface area contributed by atoms with Crippen LogP contribution in [0.5, 0.6) is 0 Å². The predicted octanol–water partition coefficient (Wildman–Crippen LogP) is 3.52. The van der Waals surface area contributed by atoms with Gasteiger partial charge in [-0.2, -0.15) is 0 Å². The van der Waals surface area contributed by atoms with Crippen molar-refractivity contribution in [2.45, 2.75) is 6.92 Å². The van der Waals surface area contributed by atoms with Crippen molar-refractivity contribution in [3.05, 3.63) is 54.2 Å². The van der Waals surface area contributed by atoms with Crippen LogP contribution in [0.2, 0.25) is 0 Å². The number of nitrogens with one attached hydrogen (secondary N) is 1. The second kappa shape index (κ2) is 6.45. The van der Waals surface area contributed by atoms with E-state index in [-0.39, 0.29) is 0 Å². The first-order valence-electron chi connectivity index (χ1n) is 8.21. The van der Waals surface area contributed by atoms with E-state index in [9.17, 15) is 0 Å². The molecule has 0 radical (unpaired) electrons. The van der Waals surface area contributed by atoms with E-state index >= 15 is 0 Å². The molecule has 0 bridgehead atoms. The number of benzene rings is 2. The summed E-state index contributed by atoms with van der Waals surface area (Å²) >= 11 is 0. The summed E-state index contributed by atoms with van der Waals surface area (Å²) in [5.41, 5.74) is 4.34. The summed E-state index contributed by atoms with van der Waals surface area (Å²) < 4.78 is 5.43. The Hall–Kier alpha value is -2.66. The van der Waals surface area contributed by atoms with Crippen molar-refractivity contribution < 1.29 is 4.74 Å². The monoisotopic (exact) mass is 320 g/mol. The first-order valence-corrected chi connectivity index (χ1v) is 8.21. The molecule has 1 saturated heterocycles. The summed E-state index contributed by atoms with van der Waals surface area (Å²) in [6, 6.07) is 14.5. The first kappa shape index (κ1) is 14.9. The fraction of sp³-hybridized carbons (Fsp3) is 0.263. The minimum atomic E-state index is 0.618. The topological polar surface area (TPSA) is 50.3 Å². The Morgan fingerprint density at radius 1 is 1.08 bits per heavy atom. The van der Waals surface area contributed by atoms with Crippen molar-refractivity contribution in [3.63, 3.8) is 0 Å². The van der Waals surface area contributed by atoms with Gasteiger partial charge in [0.15, 0.2) is 0 Å². The van der Waals surface area contributed by atoms with Crippen LogP contribution in [-0.2, 0) is 4.74 Å². The van der Waals surface area contributed by atoms with Gasteiger partial charge in [-0.25, -0.2) is 9.97 Å². The highest BCUT2D eigenvalue weighted by Crippen LogP contribution is 2.23. The van der Waals surface area contributed by atoms with E-state index in [1.165, 1.54) is 11.3 Å². The molecule has 4 rings (SSSR count). The predicted molar refractivity (Wildman–Crippen MR) is 97.0 cm³/mol. The van der Waals surface area contributed by atoms with Gasteiger partial charge in [0.25, 0.3) is 0 Å². The molecule has 2 aromatic carbocycles. The van der Waals surface area contributed by atoms with Gasteiger partial charge in [-0.1, -0.05) is 12.1 Å². The van der Waals surface area contributed by atoms with Crippen LogP contribution in [0.1, 0.15) is 5.56 Å². The van der Waals surface area contributed by atoms with Gasteiger partial charge >= 0.3 is 0 Å². The lowest BCUT2D eigenvalue weighted by atomic mass is 10.2. The van der Waals surface area contributed by atoms with Gasteiger partial charge in [0.2, 0.25) is 5.95 Å². The van der Waals surface area contributed by atoms with Crippen molar-refractivity contribution in [3.8, 4) is 0 Å². The van der Waals surface area contributed by atoms with Crippen molar-refractivity contribution >= 4 is 28.2 Å². The number of rotatable bonds is 3. The Bertz CT molecular complexity index is 859. The molecule has 3 aromatic rings. The van der Waals surface area contributed by atoms with Gasteiger partial charge in [-0.05, 0) is 42.8 Å². The standard InChI is InChI=1S/C19H20N4O/c1-14-3-2-4-16(11-14)21-19-20-13-15-5-6-17(12-18(15)22-19)23-7-9-24-10-8-23/h2-6,11-13H,7-10H2,1H3,(H,20,21,22). The molecular weight excluding hydrogens is 300 g/mol. The highest BCUT2D eigenvalue weighted by Gasteiger charge is 2.12. The van der Waals surface area contributed by atoms with Gasteiger partial charge in [0.05, 0.1) is 18.7 Å². The normalized spacial score (nSPS) is 14.8. The third-order valence-corrected chi connectivity index (χ3v) is 4.22. The molecule has 1 aromatic heterocycles. The molecule has 0 aliphatic carbocycles. The minimum Gasteiger partial charge on any atom is -0.378 e. The molecule has 5 heteroatoms. The van der Waals surface area contributed by atoms with E-state index in [0.29, 0.717) is 5.95 Å². The lowest BCUT2D eigenvalue weighted by molar-refractivity contribution is 0.122. The Labute approximate surface area is 141 Å². The summed E-state index contributed by atoms with van der Waals surface area (Å²) in [4.78, 5) is 11.4. The van der Waals surface area contributed by atoms with E-state index in [1.807, 2.05) is 18.3 Å². The van der Waals surface area contributed by atoms with E-state index < -0.39 is 0 Å². The zero-order chi connectivity index (χ0) is 16.4. The largest absolute Gasteiger partial charge is 0.378 e. The first-order chi connectivity index (χ1) is 11.8. The molecule has 1 N–H and O–H groups in total. The number of hydrogen-bond donors (Lipinski definition) is 1. The maximum Gasteiger partial charge on any atom is 0.227 e. The molecule has 5 nitrogen and oxygen atoms in total. The molecule has 1 aliphatic rings. The summed E-state index contributed by atoms with van der Waals surface area (Å²) in [6.07, 6.45) is 1.86. The third-order valence-electron chi connectivity index (χ3n) is 4.22. The number of aromatic nitrogens is 2. The van der Waals surface area contributed by atoms with Crippen LogP contribution in [0.4, 0.5) is 17.3 Å². The molecule has 122 valence electrons. The van der Waals surface area contributed by atoms with Crippen LogP contribution in [0, 0.1) is 6.92 Å². The average molecular weight is 320 g/mol. The van der Waals surface area contributed by atoms with Gasteiger partial charge in [-0.15, -0.1) is 0 Å². The van der Waals surface area contributed by atoms with Gasteiger partial charge in [-0.3, -0.25) is 0 Å². The Balaban J connectivity index is 1.63. The van der Waals surface area contributed by atoms with Crippen molar-refractivity contribution in [2.75, 3.05) is 36.5 Å². The number of morpholine rings is 1. The van der Waals surface area contributed by atoms with Crippen LogP contribution in [0.15, 0.2) is 48.7 Å². The van der Waals surface area contributed by atoms with Crippen LogP contribution in [0.25, 0.3) is 10.9 Å². The van der Waals surface area contributed by atoms with Crippen LogP contribution in [0.3, 0.4) is 0 Å². The van der Waals surface area contributed by atoms with Crippen LogP contribution < -0.4 is 10.2 Å². The molecule has 1 aliphatic heterocycles. The molecule has 0 amide bonds. The SMILES string of the molecule is Cc1cccc(Nc2ncc3ccc(N4CCOCC4)cc3n2)c1. The summed E-state index contributed by atoms with van der Waals surface area (Å²) in [6.45, 7) is 5.47. The van der Waals surface area contributed by atoms with Gasteiger partial charge < -0.3 is 15.0 Å². The molecule has 2 heterocycles. The zero-order valence-corrected chi connectivity index (χ0v) is 13.7. The third kappa shape index (κ3) is 3.16. The zero-order valence-electron chi connectivity index (χ0n) is 13.7. The van der Waals surface area contributed by atoms with E-state index in [4.69, 9.17) is 4.74 Å². The molecule has 1 fully saturated rings. The summed E-state index contributed by atoms with van der Waals surface area (Å²) in [5.74, 6) is 0.618. The number of fused-ring (bicyclic) bond motifs is 1. The maximum absolute atomic E-state index is 5.43. The van der Waals surface area contributed by atoms with E-state index in [1.54, 1.807) is 0 Å².